The second kappa shape index (κ2) is 7.99. The Morgan fingerprint density at radius 3 is 2.61 bits per heavy atom. The molecule has 0 atom stereocenters. The minimum atomic E-state index is -3.85. The molecular weight excluding hydrogens is 447 g/mol. The fourth-order valence-electron chi connectivity index (χ4n) is 3.70. The highest BCUT2D eigenvalue weighted by atomic mass is 32.2. The Kier molecular flexibility index (Phi) is 5.57. The summed E-state index contributed by atoms with van der Waals surface area (Å²) in [6.07, 6.45) is 1.59. The van der Waals surface area contributed by atoms with Crippen LogP contribution in [0.4, 0.5) is 10.2 Å². The Bertz CT molecular complexity index is 1340. The number of halogens is 1. The molecule has 0 unspecified atom stereocenters. The molecule has 0 spiro atoms. The first kappa shape index (κ1) is 23.0. The number of benzene rings is 1. The smallest absolute Gasteiger partial charge is 0.259 e. The van der Waals surface area contributed by atoms with Gasteiger partial charge in [-0.15, -0.1) is 10.2 Å². The summed E-state index contributed by atoms with van der Waals surface area (Å²) in [5.41, 5.74) is -0.243. The summed E-state index contributed by atoms with van der Waals surface area (Å²) in [5, 5.41) is 10.6. The van der Waals surface area contributed by atoms with Crippen LogP contribution in [0.3, 0.4) is 0 Å². The molecule has 4 rings (SSSR count). The molecule has 0 saturated heterocycles. The predicted octanol–water partition coefficient (Wildman–Crippen LogP) is 3.62. The highest BCUT2D eigenvalue weighted by Crippen LogP contribution is 2.37. The third kappa shape index (κ3) is 4.13. The van der Waals surface area contributed by atoms with Crippen molar-refractivity contribution in [2.24, 2.45) is 0 Å². The molecule has 1 aliphatic heterocycles. The summed E-state index contributed by atoms with van der Waals surface area (Å²) in [7, 11) is -3.85. The lowest BCUT2D eigenvalue weighted by molar-refractivity contribution is 0.102. The largest absolute Gasteiger partial charge is 0.310 e. The van der Waals surface area contributed by atoms with Crippen LogP contribution in [0.15, 0.2) is 41.6 Å². The van der Waals surface area contributed by atoms with E-state index in [0.29, 0.717) is 17.1 Å². The van der Waals surface area contributed by atoms with Crippen molar-refractivity contribution in [2.45, 2.75) is 57.6 Å². The third-order valence-electron chi connectivity index (χ3n) is 5.37. The number of fused-ring (bicyclic) bond motifs is 1. The van der Waals surface area contributed by atoms with Crippen molar-refractivity contribution < 1.29 is 17.6 Å². The second-order valence-corrected chi connectivity index (χ2v) is 11.0. The first-order chi connectivity index (χ1) is 15.4. The van der Waals surface area contributed by atoms with Crippen molar-refractivity contribution in [2.75, 3.05) is 5.32 Å². The van der Waals surface area contributed by atoms with E-state index in [0.717, 1.165) is 12.1 Å². The Labute approximate surface area is 191 Å². The number of carbonyl (C=O) groups excluding carboxylic acids is 1. The number of pyridine rings is 1. The van der Waals surface area contributed by atoms with E-state index >= 15 is 0 Å². The molecule has 0 aliphatic carbocycles. The van der Waals surface area contributed by atoms with E-state index in [1.165, 1.54) is 4.31 Å². The van der Waals surface area contributed by atoms with Gasteiger partial charge in [0.15, 0.2) is 5.82 Å². The van der Waals surface area contributed by atoms with Gasteiger partial charge in [0, 0.05) is 18.1 Å². The fourth-order valence-corrected chi connectivity index (χ4v) is 5.69. The summed E-state index contributed by atoms with van der Waals surface area (Å²) in [4.78, 5) is 17.2. The molecule has 0 fully saturated rings. The first-order valence-corrected chi connectivity index (χ1v) is 11.9. The van der Waals surface area contributed by atoms with Gasteiger partial charge in [0.1, 0.15) is 23.7 Å². The number of hydrogen-bond acceptors (Lipinski definition) is 6. The van der Waals surface area contributed by atoms with E-state index in [2.05, 4.69) is 20.5 Å². The number of hydrogen-bond donors (Lipinski definition) is 1. The van der Waals surface area contributed by atoms with Gasteiger partial charge in [-0.2, -0.15) is 4.31 Å². The Morgan fingerprint density at radius 2 is 1.94 bits per heavy atom. The summed E-state index contributed by atoms with van der Waals surface area (Å²) in [6, 6.07) is 7.28. The van der Waals surface area contributed by atoms with Gasteiger partial charge in [-0.1, -0.05) is 6.07 Å². The maximum Gasteiger partial charge on any atom is 0.259 e. The highest BCUT2D eigenvalue weighted by Gasteiger charge is 2.42. The number of sulfonamides is 1. The number of amides is 1. The van der Waals surface area contributed by atoms with Crippen molar-refractivity contribution in [3.05, 3.63) is 53.6 Å². The molecule has 11 heteroatoms. The fraction of sp³-hybridized carbons (Fsp3) is 0.364. The SMILES string of the molecule is CC(C)n1cnnc1-c1cccc(NC(=O)c2cc3c(cc2F)CN(C(C)(C)C)S3(=O)=O)n1. The molecule has 1 amide bonds. The van der Waals surface area contributed by atoms with E-state index in [9.17, 15) is 17.6 Å². The molecule has 1 aliphatic rings. The number of carbonyl (C=O) groups is 1. The molecule has 2 aromatic heterocycles. The molecule has 1 N–H and O–H groups in total. The maximum atomic E-state index is 14.8. The Balaban J connectivity index is 1.65. The average molecular weight is 473 g/mol. The topological polar surface area (TPSA) is 110 Å². The minimum Gasteiger partial charge on any atom is -0.310 e. The van der Waals surface area contributed by atoms with Crippen LogP contribution in [0.2, 0.25) is 0 Å². The predicted molar refractivity (Wildman–Crippen MR) is 120 cm³/mol. The molecule has 9 nitrogen and oxygen atoms in total. The van der Waals surface area contributed by atoms with Crippen LogP contribution in [0, 0.1) is 5.82 Å². The maximum absolute atomic E-state index is 14.8. The van der Waals surface area contributed by atoms with Crippen molar-refractivity contribution >= 4 is 21.7 Å². The van der Waals surface area contributed by atoms with Gasteiger partial charge in [0.05, 0.1) is 10.5 Å². The van der Waals surface area contributed by atoms with Crippen molar-refractivity contribution in [1.29, 1.82) is 0 Å². The molecule has 3 heterocycles. The molecule has 3 aromatic rings. The van der Waals surface area contributed by atoms with Crippen molar-refractivity contribution in [1.82, 2.24) is 24.1 Å². The van der Waals surface area contributed by atoms with Gasteiger partial charge in [0.25, 0.3) is 5.91 Å². The monoisotopic (exact) mass is 472 g/mol. The molecule has 1 aromatic carbocycles. The van der Waals surface area contributed by atoms with E-state index in [1.807, 2.05) is 18.4 Å². The molecule has 0 bridgehead atoms. The lowest BCUT2D eigenvalue weighted by atomic mass is 10.1. The quantitative estimate of drug-likeness (QED) is 0.621. The lowest BCUT2D eigenvalue weighted by Crippen LogP contribution is -2.41. The van der Waals surface area contributed by atoms with E-state index in [-0.39, 0.29) is 28.9 Å². The molecule has 174 valence electrons. The van der Waals surface area contributed by atoms with Crippen LogP contribution in [0.5, 0.6) is 0 Å². The first-order valence-electron chi connectivity index (χ1n) is 10.4. The summed E-state index contributed by atoms with van der Waals surface area (Å²) in [6.45, 7) is 9.30. The van der Waals surface area contributed by atoms with Gasteiger partial charge in [-0.05, 0) is 64.4 Å². The molecular formula is C22H25FN6O3S. The van der Waals surface area contributed by atoms with Crippen molar-refractivity contribution in [3.63, 3.8) is 0 Å². The van der Waals surface area contributed by atoms with Gasteiger partial charge in [-0.25, -0.2) is 17.8 Å². The van der Waals surface area contributed by atoms with Gasteiger partial charge < -0.3 is 9.88 Å². The number of anilines is 1. The minimum absolute atomic E-state index is 0.0557. The molecule has 0 radical (unpaired) electrons. The zero-order valence-corrected chi connectivity index (χ0v) is 19.8. The van der Waals surface area contributed by atoms with Gasteiger partial charge in [-0.3, -0.25) is 4.79 Å². The lowest BCUT2D eigenvalue weighted by Gasteiger charge is -2.29. The number of nitrogens with one attached hydrogen (secondary N) is 1. The van der Waals surface area contributed by atoms with E-state index in [4.69, 9.17) is 0 Å². The zero-order valence-electron chi connectivity index (χ0n) is 19.0. The molecule has 0 saturated carbocycles. The summed E-state index contributed by atoms with van der Waals surface area (Å²) < 4.78 is 43.9. The normalized spacial score (nSPS) is 15.6. The highest BCUT2D eigenvalue weighted by molar-refractivity contribution is 7.89. The van der Waals surface area contributed by atoms with Crippen LogP contribution < -0.4 is 5.32 Å². The standard InChI is InChI=1S/C22H25FN6O3S/c1-13(2)28-12-24-27-20(28)17-7-6-8-19(25-17)26-21(30)15-10-18-14(9-16(15)23)11-29(22(3,4)5)33(18,31)32/h6-10,12-13H,11H2,1-5H3,(H,25,26,30). The van der Waals surface area contributed by atoms with Gasteiger partial charge in [0.2, 0.25) is 10.0 Å². The Morgan fingerprint density at radius 1 is 1.21 bits per heavy atom. The van der Waals surface area contributed by atoms with E-state index in [1.54, 1.807) is 45.3 Å². The number of aromatic nitrogens is 4. The van der Waals surface area contributed by atoms with E-state index < -0.39 is 27.3 Å². The van der Waals surface area contributed by atoms with Crippen LogP contribution in [-0.2, 0) is 16.6 Å². The van der Waals surface area contributed by atoms with Crippen LogP contribution in [0.1, 0.15) is 56.6 Å². The van der Waals surface area contributed by atoms with Crippen LogP contribution in [0.25, 0.3) is 11.5 Å². The summed E-state index contributed by atoms with van der Waals surface area (Å²) in [5.74, 6) is -0.893. The second-order valence-electron chi connectivity index (χ2n) is 9.14. The number of nitrogens with zero attached hydrogens (tertiary/aromatic N) is 5. The number of rotatable bonds is 4. The van der Waals surface area contributed by atoms with Crippen LogP contribution in [-0.4, -0.2) is 43.9 Å². The Hall–Kier alpha value is -3.18. The molecule has 33 heavy (non-hydrogen) atoms. The average Bonchev–Trinajstić information content (AvgIpc) is 3.30. The van der Waals surface area contributed by atoms with Crippen LogP contribution >= 0.6 is 0 Å². The van der Waals surface area contributed by atoms with Gasteiger partial charge >= 0.3 is 0 Å². The zero-order chi connectivity index (χ0) is 24.1. The summed E-state index contributed by atoms with van der Waals surface area (Å²) >= 11 is 0. The van der Waals surface area contributed by atoms with Crippen molar-refractivity contribution in [3.8, 4) is 11.5 Å². The third-order valence-corrected chi connectivity index (χ3v) is 7.57.